The van der Waals surface area contributed by atoms with E-state index in [1.807, 2.05) is 13.8 Å². The zero-order valence-corrected chi connectivity index (χ0v) is 12.7. The Balaban J connectivity index is 2.10. The fourth-order valence-corrected chi connectivity index (χ4v) is 2.05. The minimum atomic E-state index is -0.255. The zero-order chi connectivity index (χ0) is 15.2. The molecule has 0 aliphatic carbocycles. The second-order valence-corrected chi connectivity index (χ2v) is 4.93. The maximum absolute atomic E-state index is 12.9. The molecular weight excluding hydrogens is 293 g/mol. The minimum Gasteiger partial charge on any atom is -0.374 e. The highest BCUT2D eigenvalue weighted by Crippen LogP contribution is 2.20. The quantitative estimate of drug-likeness (QED) is 0.820. The third-order valence-electron chi connectivity index (χ3n) is 2.91. The summed E-state index contributed by atoms with van der Waals surface area (Å²) < 4.78 is 18.2. The lowest BCUT2D eigenvalue weighted by Crippen LogP contribution is -2.10. The van der Waals surface area contributed by atoms with E-state index >= 15 is 0 Å². The lowest BCUT2D eigenvalue weighted by Gasteiger charge is -2.15. The van der Waals surface area contributed by atoms with Crippen LogP contribution in [0.3, 0.4) is 0 Å². The molecule has 0 aliphatic heterocycles. The van der Waals surface area contributed by atoms with Gasteiger partial charge in [0.05, 0.1) is 0 Å². The maximum atomic E-state index is 12.9. The van der Waals surface area contributed by atoms with Crippen LogP contribution >= 0.6 is 11.6 Å². The summed E-state index contributed by atoms with van der Waals surface area (Å²) in [7, 11) is 0. The molecule has 1 aromatic carbocycles. The molecule has 0 saturated carbocycles. The Labute approximate surface area is 128 Å². The fourth-order valence-electron chi connectivity index (χ4n) is 1.85. The van der Waals surface area contributed by atoms with Gasteiger partial charge in [0.1, 0.15) is 23.4 Å². The Morgan fingerprint density at radius 2 is 2.00 bits per heavy atom. The van der Waals surface area contributed by atoms with Gasteiger partial charge in [-0.2, -0.15) is 0 Å². The highest BCUT2D eigenvalue weighted by Gasteiger charge is 2.09. The summed E-state index contributed by atoms with van der Waals surface area (Å²) in [4.78, 5) is 8.45. The smallest absolute Gasteiger partial charge is 0.158 e. The Kier molecular flexibility index (Phi) is 5.47. The predicted molar refractivity (Wildman–Crippen MR) is 80.8 cm³/mol. The first-order chi connectivity index (χ1) is 10.1. The number of halogens is 2. The summed E-state index contributed by atoms with van der Waals surface area (Å²) in [5, 5.41) is 3.58. The molecule has 2 aromatic rings. The van der Waals surface area contributed by atoms with E-state index < -0.39 is 0 Å². The molecular formula is C15H17ClFN3O. The van der Waals surface area contributed by atoms with E-state index in [4.69, 9.17) is 16.3 Å². The largest absolute Gasteiger partial charge is 0.374 e. The third-order valence-corrected chi connectivity index (χ3v) is 3.10. The molecule has 0 amide bonds. The van der Waals surface area contributed by atoms with Gasteiger partial charge in [-0.05, 0) is 31.5 Å². The van der Waals surface area contributed by atoms with Gasteiger partial charge >= 0.3 is 0 Å². The minimum absolute atomic E-state index is 0.0310. The highest BCUT2D eigenvalue weighted by atomic mass is 35.5. The molecule has 4 nitrogen and oxygen atoms in total. The molecule has 0 bridgehead atoms. The second kappa shape index (κ2) is 7.33. The average molecular weight is 310 g/mol. The van der Waals surface area contributed by atoms with E-state index in [-0.39, 0.29) is 11.9 Å². The number of aromatic nitrogens is 2. The number of hydrogen-bond donors (Lipinski definition) is 1. The van der Waals surface area contributed by atoms with E-state index in [9.17, 15) is 4.39 Å². The number of rotatable bonds is 6. The molecule has 112 valence electrons. The van der Waals surface area contributed by atoms with Gasteiger partial charge in [-0.25, -0.2) is 14.4 Å². The van der Waals surface area contributed by atoms with Gasteiger partial charge in [0, 0.05) is 18.7 Å². The van der Waals surface area contributed by atoms with Crippen molar-refractivity contribution in [2.75, 3.05) is 11.9 Å². The first-order valence-corrected chi connectivity index (χ1v) is 7.09. The molecule has 0 aliphatic rings. The van der Waals surface area contributed by atoms with Crippen LogP contribution < -0.4 is 5.32 Å². The molecule has 21 heavy (non-hydrogen) atoms. The predicted octanol–water partition coefficient (Wildman–Crippen LogP) is 3.98. The summed E-state index contributed by atoms with van der Waals surface area (Å²) in [5.41, 5.74) is 0.956. The Morgan fingerprint density at radius 3 is 2.67 bits per heavy atom. The number of nitrogens with one attached hydrogen (secondary N) is 1. The average Bonchev–Trinajstić information content (AvgIpc) is 2.45. The monoisotopic (exact) mass is 309 g/mol. The molecule has 1 heterocycles. The van der Waals surface area contributed by atoms with Crippen molar-refractivity contribution < 1.29 is 9.13 Å². The van der Waals surface area contributed by atoms with Crippen molar-refractivity contribution in [2.24, 2.45) is 0 Å². The van der Waals surface area contributed by atoms with Gasteiger partial charge in [0.15, 0.2) is 5.82 Å². The molecule has 1 atom stereocenters. The van der Waals surface area contributed by atoms with E-state index in [0.29, 0.717) is 30.0 Å². The summed E-state index contributed by atoms with van der Waals surface area (Å²) in [6.45, 7) is 4.77. The van der Waals surface area contributed by atoms with Crippen LogP contribution in [0.15, 0.2) is 30.3 Å². The van der Waals surface area contributed by atoms with Crippen molar-refractivity contribution in [1.29, 1.82) is 0 Å². The number of benzene rings is 1. The van der Waals surface area contributed by atoms with Gasteiger partial charge in [-0.1, -0.05) is 23.7 Å². The van der Waals surface area contributed by atoms with Crippen molar-refractivity contribution >= 4 is 17.4 Å². The van der Waals surface area contributed by atoms with Crippen LogP contribution in [-0.2, 0) is 11.3 Å². The van der Waals surface area contributed by atoms with Crippen LogP contribution in [0.1, 0.15) is 31.3 Å². The maximum Gasteiger partial charge on any atom is 0.158 e. The molecule has 6 heteroatoms. The van der Waals surface area contributed by atoms with Gasteiger partial charge in [-0.15, -0.1) is 0 Å². The second-order valence-electron chi connectivity index (χ2n) is 4.55. The van der Waals surface area contributed by atoms with Crippen LogP contribution in [-0.4, -0.2) is 16.6 Å². The molecule has 2 rings (SSSR count). The fraction of sp³-hybridized carbons (Fsp3) is 0.333. The number of ether oxygens (including phenoxy) is 1. The third kappa shape index (κ3) is 4.65. The summed E-state index contributed by atoms with van der Waals surface area (Å²) in [5.74, 6) is 0.884. The lowest BCUT2D eigenvalue weighted by molar-refractivity contribution is 0.128. The lowest BCUT2D eigenvalue weighted by atomic mass is 10.1. The van der Waals surface area contributed by atoms with Crippen molar-refractivity contribution in [3.05, 3.63) is 52.7 Å². The molecule has 0 radical (unpaired) electrons. The number of anilines is 1. The number of hydrogen-bond acceptors (Lipinski definition) is 4. The van der Waals surface area contributed by atoms with E-state index in [1.165, 1.54) is 12.1 Å². The van der Waals surface area contributed by atoms with Crippen molar-refractivity contribution in [3.63, 3.8) is 0 Å². The molecule has 0 spiro atoms. The SMILES string of the molecule is CCOCc1nc(Cl)cc(NC(C)c2ccc(F)cc2)n1. The number of nitrogens with zero attached hydrogens (tertiary/aromatic N) is 2. The van der Waals surface area contributed by atoms with Gasteiger partial charge in [-0.3, -0.25) is 0 Å². The summed E-state index contributed by atoms with van der Waals surface area (Å²) in [6, 6.07) is 7.95. The molecule has 1 N–H and O–H groups in total. The molecule has 1 aromatic heterocycles. The van der Waals surface area contributed by atoms with E-state index in [0.717, 1.165) is 5.56 Å². The van der Waals surface area contributed by atoms with Crippen LogP contribution in [0.25, 0.3) is 0 Å². The summed E-state index contributed by atoms with van der Waals surface area (Å²) in [6.07, 6.45) is 0. The standard InChI is InChI=1S/C15H17ClFN3O/c1-3-21-9-15-19-13(16)8-14(20-15)18-10(2)11-4-6-12(17)7-5-11/h4-8,10H,3,9H2,1-2H3,(H,18,19,20). The van der Waals surface area contributed by atoms with Crippen molar-refractivity contribution in [2.45, 2.75) is 26.5 Å². The molecule has 1 unspecified atom stereocenters. The van der Waals surface area contributed by atoms with Crippen LogP contribution in [0.5, 0.6) is 0 Å². The van der Waals surface area contributed by atoms with Gasteiger partial charge < -0.3 is 10.1 Å². The van der Waals surface area contributed by atoms with Crippen LogP contribution in [0.4, 0.5) is 10.2 Å². The van der Waals surface area contributed by atoms with E-state index in [1.54, 1.807) is 18.2 Å². The normalized spacial score (nSPS) is 12.2. The summed E-state index contributed by atoms with van der Waals surface area (Å²) >= 11 is 5.98. The first kappa shape index (κ1) is 15.7. The Morgan fingerprint density at radius 1 is 1.29 bits per heavy atom. The highest BCUT2D eigenvalue weighted by molar-refractivity contribution is 6.29. The van der Waals surface area contributed by atoms with E-state index in [2.05, 4.69) is 15.3 Å². The zero-order valence-electron chi connectivity index (χ0n) is 11.9. The molecule has 0 saturated heterocycles. The van der Waals surface area contributed by atoms with Crippen LogP contribution in [0, 0.1) is 5.82 Å². The molecule has 0 fully saturated rings. The van der Waals surface area contributed by atoms with Gasteiger partial charge in [0.25, 0.3) is 0 Å². The van der Waals surface area contributed by atoms with Crippen molar-refractivity contribution in [3.8, 4) is 0 Å². The first-order valence-electron chi connectivity index (χ1n) is 6.71. The Bertz CT molecular complexity index is 592. The van der Waals surface area contributed by atoms with Crippen LogP contribution in [0.2, 0.25) is 5.15 Å². The topological polar surface area (TPSA) is 47.0 Å². The van der Waals surface area contributed by atoms with Crippen molar-refractivity contribution in [1.82, 2.24) is 9.97 Å². The van der Waals surface area contributed by atoms with Gasteiger partial charge in [0.2, 0.25) is 0 Å². The Hall–Kier alpha value is -1.72.